The molecule has 1 nitrogen and oxygen atoms in total. The van der Waals surface area contributed by atoms with E-state index >= 15 is 0 Å². The average Bonchev–Trinajstić information content (AvgIpc) is 2.99. The topological polar surface area (TPSA) is 20.2 Å². The molecular weight excluding hydrogens is 299 g/mol. The van der Waals surface area contributed by atoms with Crippen LogP contribution in [0, 0.1) is 11.8 Å². The molecule has 1 N–H and O–H groups in total. The van der Waals surface area contributed by atoms with Crippen molar-refractivity contribution in [2.75, 3.05) is 6.16 Å². The van der Waals surface area contributed by atoms with Crippen molar-refractivity contribution in [2.24, 2.45) is 11.8 Å². The van der Waals surface area contributed by atoms with Gasteiger partial charge in [-0.25, -0.2) is 0 Å². The summed E-state index contributed by atoms with van der Waals surface area (Å²) in [7, 11) is -0.306. The van der Waals surface area contributed by atoms with E-state index in [1.807, 2.05) is 0 Å². The van der Waals surface area contributed by atoms with E-state index in [4.69, 9.17) is 0 Å². The zero-order valence-corrected chi connectivity index (χ0v) is 14.8. The number of hydrogen-bond acceptors (Lipinski definition) is 1. The van der Waals surface area contributed by atoms with Crippen molar-refractivity contribution in [3.63, 3.8) is 0 Å². The molecule has 0 aliphatic heterocycles. The smallest absolute Gasteiger partial charge is 0.0568 e. The van der Waals surface area contributed by atoms with Gasteiger partial charge in [0.05, 0.1) is 6.10 Å². The highest BCUT2D eigenvalue weighted by atomic mass is 31.1. The molecule has 0 spiro atoms. The standard InChI is InChI=1S/C21H27OP/c1-17(15-18-9-8-14-21(18)22)16-23(19-10-4-2-5-11-19)20-12-6-3-7-13-20/h2-7,10-13,17-18,21-22H,8-9,14-16H2,1H3/t17?,18-,21+/m1/s1. The Morgan fingerprint density at radius 3 is 2.00 bits per heavy atom. The summed E-state index contributed by atoms with van der Waals surface area (Å²) in [6.45, 7) is 2.37. The van der Waals surface area contributed by atoms with Gasteiger partial charge in [-0.2, -0.15) is 0 Å². The van der Waals surface area contributed by atoms with E-state index in [-0.39, 0.29) is 14.0 Å². The van der Waals surface area contributed by atoms with Crippen molar-refractivity contribution >= 4 is 18.5 Å². The molecule has 2 heteroatoms. The maximum absolute atomic E-state index is 10.1. The summed E-state index contributed by atoms with van der Waals surface area (Å²) in [5.41, 5.74) is 0. The monoisotopic (exact) mass is 326 g/mol. The lowest BCUT2D eigenvalue weighted by Crippen LogP contribution is -2.21. The van der Waals surface area contributed by atoms with E-state index in [0.717, 1.165) is 6.42 Å². The minimum absolute atomic E-state index is 0.0582. The van der Waals surface area contributed by atoms with Crippen LogP contribution in [-0.2, 0) is 0 Å². The van der Waals surface area contributed by atoms with Crippen LogP contribution >= 0.6 is 7.92 Å². The zero-order valence-electron chi connectivity index (χ0n) is 13.9. The summed E-state index contributed by atoms with van der Waals surface area (Å²) < 4.78 is 0. The first-order chi connectivity index (χ1) is 11.2. The van der Waals surface area contributed by atoms with E-state index in [9.17, 15) is 5.11 Å². The van der Waals surface area contributed by atoms with E-state index in [1.165, 1.54) is 36.0 Å². The lowest BCUT2D eigenvalue weighted by atomic mass is 9.94. The molecular formula is C21H27OP. The lowest BCUT2D eigenvalue weighted by molar-refractivity contribution is 0.121. The van der Waals surface area contributed by atoms with Crippen LogP contribution < -0.4 is 10.6 Å². The molecule has 122 valence electrons. The zero-order chi connectivity index (χ0) is 16.1. The van der Waals surface area contributed by atoms with Crippen molar-refractivity contribution in [3.05, 3.63) is 60.7 Å². The highest BCUT2D eigenvalue weighted by Gasteiger charge is 2.27. The molecule has 2 aromatic carbocycles. The lowest BCUT2D eigenvalue weighted by Gasteiger charge is -2.25. The SMILES string of the molecule is CC(C[C@H]1CCC[C@@H]1O)CP(c1ccccc1)c1ccccc1. The molecule has 3 rings (SSSR count). The third-order valence-electron chi connectivity index (χ3n) is 4.95. The summed E-state index contributed by atoms with van der Waals surface area (Å²) in [6, 6.07) is 21.9. The van der Waals surface area contributed by atoms with Gasteiger partial charge in [-0.05, 0) is 55.8 Å². The Morgan fingerprint density at radius 1 is 0.957 bits per heavy atom. The van der Waals surface area contributed by atoms with Crippen LogP contribution in [0.5, 0.6) is 0 Å². The van der Waals surface area contributed by atoms with Crippen molar-refractivity contribution in [1.82, 2.24) is 0 Å². The first kappa shape index (κ1) is 16.7. The number of rotatable bonds is 6. The highest BCUT2D eigenvalue weighted by Crippen LogP contribution is 2.39. The molecule has 1 aliphatic carbocycles. The Hall–Kier alpha value is -1.17. The molecule has 0 bridgehead atoms. The minimum atomic E-state index is -0.306. The van der Waals surface area contributed by atoms with Gasteiger partial charge in [0.1, 0.15) is 0 Å². The molecule has 1 fully saturated rings. The average molecular weight is 326 g/mol. The molecule has 1 saturated carbocycles. The van der Waals surface area contributed by atoms with Gasteiger partial charge >= 0.3 is 0 Å². The molecule has 1 aliphatic rings. The summed E-state index contributed by atoms with van der Waals surface area (Å²) in [4.78, 5) is 0. The number of aliphatic hydroxyl groups is 1. The number of benzene rings is 2. The van der Waals surface area contributed by atoms with Gasteiger partial charge in [0.15, 0.2) is 0 Å². The van der Waals surface area contributed by atoms with Gasteiger partial charge in [0, 0.05) is 0 Å². The van der Waals surface area contributed by atoms with Crippen LogP contribution in [0.2, 0.25) is 0 Å². The fourth-order valence-electron chi connectivity index (χ4n) is 3.77. The predicted octanol–water partition coefficient (Wildman–Crippen LogP) is 4.31. The molecule has 3 atom stereocenters. The third-order valence-corrected chi connectivity index (χ3v) is 7.79. The summed E-state index contributed by atoms with van der Waals surface area (Å²) >= 11 is 0. The third kappa shape index (κ3) is 4.43. The molecule has 1 unspecified atom stereocenters. The normalized spacial score (nSPS) is 22.4. The van der Waals surface area contributed by atoms with Crippen LogP contribution in [-0.4, -0.2) is 17.4 Å². The Bertz CT molecular complexity index is 544. The number of hydrogen-bond donors (Lipinski definition) is 1. The maximum Gasteiger partial charge on any atom is 0.0568 e. The fourth-order valence-corrected chi connectivity index (χ4v) is 6.33. The first-order valence-corrected chi connectivity index (χ1v) is 10.3. The van der Waals surface area contributed by atoms with Gasteiger partial charge in [0.25, 0.3) is 0 Å². The maximum atomic E-state index is 10.1. The quantitative estimate of drug-likeness (QED) is 0.785. The van der Waals surface area contributed by atoms with Crippen LogP contribution in [0.4, 0.5) is 0 Å². The molecule has 0 amide bonds. The van der Waals surface area contributed by atoms with Crippen molar-refractivity contribution in [2.45, 2.75) is 38.7 Å². The Balaban J connectivity index is 1.74. The first-order valence-electron chi connectivity index (χ1n) is 8.79. The van der Waals surface area contributed by atoms with Crippen LogP contribution in [0.1, 0.15) is 32.6 Å². The van der Waals surface area contributed by atoms with E-state index in [0.29, 0.717) is 11.8 Å². The predicted molar refractivity (Wildman–Crippen MR) is 101 cm³/mol. The van der Waals surface area contributed by atoms with Gasteiger partial charge in [-0.1, -0.05) is 74.0 Å². The Labute approximate surface area is 141 Å². The van der Waals surface area contributed by atoms with Gasteiger partial charge in [-0.3, -0.25) is 0 Å². The highest BCUT2D eigenvalue weighted by molar-refractivity contribution is 7.73. The van der Waals surface area contributed by atoms with E-state index in [1.54, 1.807) is 0 Å². The molecule has 0 saturated heterocycles. The van der Waals surface area contributed by atoms with Crippen molar-refractivity contribution < 1.29 is 5.11 Å². The van der Waals surface area contributed by atoms with Crippen molar-refractivity contribution in [1.29, 1.82) is 0 Å². The Kier molecular flexibility index (Phi) is 5.86. The fraction of sp³-hybridized carbons (Fsp3) is 0.429. The van der Waals surface area contributed by atoms with Crippen molar-refractivity contribution in [3.8, 4) is 0 Å². The summed E-state index contributed by atoms with van der Waals surface area (Å²) in [5, 5.41) is 13.0. The van der Waals surface area contributed by atoms with Gasteiger partial charge in [-0.15, -0.1) is 0 Å². The van der Waals surface area contributed by atoms with Crippen LogP contribution in [0.3, 0.4) is 0 Å². The summed E-state index contributed by atoms with van der Waals surface area (Å²) in [5.74, 6) is 1.17. The second-order valence-electron chi connectivity index (χ2n) is 6.88. The molecule has 23 heavy (non-hydrogen) atoms. The molecule has 2 aromatic rings. The van der Waals surface area contributed by atoms with Crippen LogP contribution in [0.15, 0.2) is 60.7 Å². The number of aliphatic hydroxyl groups excluding tert-OH is 1. The Morgan fingerprint density at radius 2 is 1.52 bits per heavy atom. The van der Waals surface area contributed by atoms with E-state index in [2.05, 4.69) is 67.6 Å². The van der Waals surface area contributed by atoms with Crippen LogP contribution in [0.25, 0.3) is 0 Å². The largest absolute Gasteiger partial charge is 0.393 e. The minimum Gasteiger partial charge on any atom is -0.393 e. The molecule has 0 aromatic heterocycles. The second kappa shape index (κ2) is 8.08. The van der Waals surface area contributed by atoms with E-state index < -0.39 is 0 Å². The molecule has 0 radical (unpaired) electrons. The second-order valence-corrected chi connectivity index (χ2v) is 9.13. The van der Waals surface area contributed by atoms with Gasteiger partial charge < -0.3 is 5.11 Å². The molecule has 0 heterocycles. The van der Waals surface area contributed by atoms with Gasteiger partial charge in [0.2, 0.25) is 0 Å². The summed E-state index contributed by atoms with van der Waals surface area (Å²) in [6.07, 6.45) is 5.73.